The van der Waals surface area contributed by atoms with E-state index in [0.717, 1.165) is 11.0 Å². The number of aliphatic hydroxyl groups excluding tert-OH is 1. The summed E-state index contributed by atoms with van der Waals surface area (Å²) in [4.78, 5) is 15.5. The van der Waals surface area contributed by atoms with E-state index >= 15 is 0 Å². The first kappa shape index (κ1) is 12.1. The molecule has 1 heterocycles. The molecule has 18 heavy (non-hydrogen) atoms. The molecule has 0 aliphatic heterocycles. The molecule has 0 unspecified atom stereocenters. The van der Waals surface area contributed by atoms with Gasteiger partial charge in [0.15, 0.2) is 0 Å². The maximum Gasteiger partial charge on any atom is 0.238 e. The van der Waals surface area contributed by atoms with Gasteiger partial charge in [-0.3, -0.25) is 4.79 Å². The monoisotopic (exact) mass is 244 g/mol. The number of imidazole rings is 1. The number of nitriles is 1. The van der Waals surface area contributed by atoms with E-state index in [1.165, 1.54) is 0 Å². The SMILES string of the molecule is N#CCC(=O)Nc1ccc2c(c1)ncn2CCO. The zero-order chi connectivity index (χ0) is 13.0. The Kier molecular flexibility index (Phi) is 3.55. The van der Waals surface area contributed by atoms with Crippen molar-refractivity contribution in [3.8, 4) is 6.07 Å². The predicted molar refractivity (Wildman–Crippen MR) is 65.7 cm³/mol. The summed E-state index contributed by atoms with van der Waals surface area (Å²) in [5.41, 5.74) is 2.23. The highest BCUT2D eigenvalue weighted by Crippen LogP contribution is 2.18. The van der Waals surface area contributed by atoms with Crippen molar-refractivity contribution < 1.29 is 9.90 Å². The number of rotatable bonds is 4. The number of nitrogens with one attached hydrogen (secondary N) is 1. The van der Waals surface area contributed by atoms with Crippen molar-refractivity contribution in [2.75, 3.05) is 11.9 Å². The van der Waals surface area contributed by atoms with Crippen LogP contribution in [0, 0.1) is 11.3 Å². The number of aromatic nitrogens is 2. The molecule has 6 heteroatoms. The topological polar surface area (TPSA) is 90.9 Å². The molecule has 1 amide bonds. The van der Waals surface area contributed by atoms with E-state index in [1.54, 1.807) is 24.5 Å². The lowest BCUT2D eigenvalue weighted by Crippen LogP contribution is -2.09. The minimum atomic E-state index is -0.341. The average Bonchev–Trinajstić information content (AvgIpc) is 2.73. The highest BCUT2D eigenvalue weighted by atomic mass is 16.3. The summed E-state index contributed by atoms with van der Waals surface area (Å²) >= 11 is 0. The van der Waals surface area contributed by atoms with Crippen LogP contribution in [0.15, 0.2) is 24.5 Å². The Balaban J connectivity index is 2.23. The Labute approximate surface area is 103 Å². The van der Waals surface area contributed by atoms with E-state index in [-0.39, 0.29) is 18.9 Å². The van der Waals surface area contributed by atoms with Gasteiger partial charge in [0.2, 0.25) is 5.91 Å². The summed E-state index contributed by atoms with van der Waals surface area (Å²) in [6, 6.07) is 7.08. The van der Waals surface area contributed by atoms with Crippen LogP contribution in [0.2, 0.25) is 0 Å². The van der Waals surface area contributed by atoms with Gasteiger partial charge in [0, 0.05) is 12.2 Å². The summed E-state index contributed by atoms with van der Waals surface area (Å²) in [6.45, 7) is 0.531. The van der Waals surface area contributed by atoms with Crippen molar-refractivity contribution in [3.63, 3.8) is 0 Å². The molecule has 0 aliphatic carbocycles. The van der Waals surface area contributed by atoms with Crippen LogP contribution in [0.4, 0.5) is 5.69 Å². The summed E-state index contributed by atoms with van der Waals surface area (Å²) in [6.07, 6.45) is 1.47. The fourth-order valence-electron chi connectivity index (χ4n) is 1.70. The number of hydrogen-bond acceptors (Lipinski definition) is 4. The fourth-order valence-corrected chi connectivity index (χ4v) is 1.70. The molecule has 0 saturated heterocycles. The maximum absolute atomic E-state index is 11.3. The molecule has 1 aromatic carbocycles. The molecule has 0 bridgehead atoms. The first-order chi connectivity index (χ1) is 8.74. The molecular weight excluding hydrogens is 232 g/mol. The zero-order valence-electron chi connectivity index (χ0n) is 9.63. The van der Waals surface area contributed by atoms with Crippen LogP contribution in [0.3, 0.4) is 0 Å². The molecule has 1 aromatic heterocycles. The van der Waals surface area contributed by atoms with Crippen LogP contribution in [-0.4, -0.2) is 27.2 Å². The third-order valence-electron chi connectivity index (χ3n) is 2.49. The van der Waals surface area contributed by atoms with Gasteiger partial charge in [-0.15, -0.1) is 0 Å². The second-order valence-electron chi connectivity index (χ2n) is 3.75. The zero-order valence-corrected chi connectivity index (χ0v) is 9.63. The van der Waals surface area contributed by atoms with Gasteiger partial charge in [-0.2, -0.15) is 5.26 Å². The average molecular weight is 244 g/mol. The third kappa shape index (κ3) is 2.47. The minimum Gasteiger partial charge on any atom is -0.395 e. The van der Waals surface area contributed by atoms with Crippen molar-refractivity contribution in [3.05, 3.63) is 24.5 Å². The first-order valence-electron chi connectivity index (χ1n) is 5.47. The lowest BCUT2D eigenvalue weighted by molar-refractivity contribution is -0.115. The van der Waals surface area contributed by atoms with Crippen LogP contribution in [0.1, 0.15) is 6.42 Å². The van der Waals surface area contributed by atoms with Crippen molar-refractivity contribution in [1.29, 1.82) is 5.26 Å². The number of nitrogens with zero attached hydrogens (tertiary/aromatic N) is 3. The maximum atomic E-state index is 11.3. The lowest BCUT2D eigenvalue weighted by atomic mass is 10.2. The number of hydrogen-bond donors (Lipinski definition) is 2. The standard InChI is InChI=1S/C12H12N4O2/c13-4-3-12(18)15-9-1-2-11-10(7-9)14-8-16(11)5-6-17/h1-2,7-8,17H,3,5-6H2,(H,15,18). The number of anilines is 1. The molecule has 2 aromatic rings. The van der Waals surface area contributed by atoms with Gasteiger partial charge in [0.25, 0.3) is 0 Å². The van der Waals surface area contributed by atoms with Crippen molar-refractivity contribution in [2.24, 2.45) is 0 Å². The van der Waals surface area contributed by atoms with E-state index in [2.05, 4.69) is 10.3 Å². The number of carbonyl (C=O) groups excluding carboxylic acids is 1. The Hall–Kier alpha value is -2.39. The highest BCUT2D eigenvalue weighted by Gasteiger charge is 2.05. The van der Waals surface area contributed by atoms with Gasteiger partial charge in [-0.25, -0.2) is 4.98 Å². The number of aliphatic hydroxyl groups is 1. The third-order valence-corrected chi connectivity index (χ3v) is 2.49. The molecule has 0 saturated carbocycles. The van der Waals surface area contributed by atoms with Crippen LogP contribution >= 0.6 is 0 Å². The molecule has 0 radical (unpaired) electrons. The Morgan fingerprint density at radius 2 is 2.39 bits per heavy atom. The molecule has 2 rings (SSSR count). The van der Waals surface area contributed by atoms with E-state index in [0.29, 0.717) is 12.2 Å². The summed E-state index contributed by atoms with van der Waals surface area (Å²) < 4.78 is 1.83. The fraction of sp³-hybridized carbons (Fsp3) is 0.250. The normalized spacial score (nSPS) is 10.2. The van der Waals surface area contributed by atoms with Gasteiger partial charge in [0.1, 0.15) is 6.42 Å². The van der Waals surface area contributed by atoms with Crippen LogP contribution in [0.25, 0.3) is 11.0 Å². The van der Waals surface area contributed by atoms with E-state index in [9.17, 15) is 4.79 Å². The molecule has 2 N–H and O–H groups in total. The van der Waals surface area contributed by atoms with Crippen LogP contribution in [-0.2, 0) is 11.3 Å². The number of amides is 1. The number of carbonyl (C=O) groups is 1. The highest BCUT2D eigenvalue weighted by molar-refractivity contribution is 5.94. The number of benzene rings is 1. The van der Waals surface area contributed by atoms with Gasteiger partial charge >= 0.3 is 0 Å². The Morgan fingerprint density at radius 1 is 1.56 bits per heavy atom. The summed E-state index contributed by atoms with van der Waals surface area (Å²) in [7, 11) is 0. The second-order valence-corrected chi connectivity index (χ2v) is 3.75. The number of fused-ring (bicyclic) bond motifs is 1. The summed E-state index contributed by atoms with van der Waals surface area (Å²) in [5.74, 6) is -0.341. The molecule has 0 aliphatic rings. The molecule has 92 valence electrons. The van der Waals surface area contributed by atoms with E-state index in [4.69, 9.17) is 10.4 Å². The van der Waals surface area contributed by atoms with Crippen molar-refractivity contribution in [1.82, 2.24) is 9.55 Å². The lowest BCUT2D eigenvalue weighted by Gasteiger charge is -2.04. The minimum absolute atomic E-state index is 0.0477. The van der Waals surface area contributed by atoms with Crippen molar-refractivity contribution in [2.45, 2.75) is 13.0 Å². The van der Waals surface area contributed by atoms with E-state index < -0.39 is 0 Å². The van der Waals surface area contributed by atoms with Gasteiger partial charge in [-0.1, -0.05) is 0 Å². The molecule has 0 spiro atoms. The molecule has 6 nitrogen and oxygen atoms in total. The smallest absolute Gasteiger partial charge is 0.238 e. The molecule has 0 fully saturated rings. The van der Waals surface area contributed by atoms with Crippen LogP contribution in [0.5, 0.6) is 0 Å². The first-order valence-corrected chi connectivity index (χ1v) is 5.47. The van der Waals surface area contributed by atoms with Gasteiger partial charge in [-0.05, 0) is 18.2 Å². The molecular formula is C12H12N4O2. The quantitative estimate of drug-likeness (QED) is 0.835. The van der Waals surface area contributed by atoms with Crippen LogP contribution < -0.4 is 5.32 Å². The Bertz CT molecular complexity index is 612. The molecule has 0 atom stereocenters. The Morgan fingerprint density at radius 3 is 3.11 bits per heavy atom. The summed E-state index contributed by atoms with van der Waals surface area (Å²) in [5, 5.41) is 19.9. The van der Waals surface area contributed by atoms with Crippen molar-refractivity contribution >= 4 is 22.6 Å². The second kappa shape index (κ2) is 5.29. The van der Waals surface area contributed by atoms with Gasteiger partial charge in [0.05, 0.1) is 30.0 Å². The van der Waals surface area contributed by atoms with E-state index in [1.807, 2.05) is 10.6 Å². The van der Waals surface area contributed by atoms with Gasteiger partial charge < -0.3 is 15.0 Å². The largest absolute Gasteiger partial charge is 0.395 e. The predicted octanol–water partition coefficient (Wildman–Crippen LogP) is 0.881.